The maximum Gasteiger partial charge on any atom is 0.179 e. The lowest BCUT2D eigenvalue weighted by molar-refractivity contribution is 0.354. The molecule has 0 saturated heterocycles. The Hall–Kier alpha value is -1.19. The standard InChI is InChI=1S/C15H22ClNO2/c1-5-6-7-8-13(17-2)11-9-12(16)15(19-4)14(10-11)18-3/h5,9-10,13,17H,1,6-8H2,2-4H3. The van der Waals surface area contributed by atoms with Gasteiger partial charge in [0.15, 0.2) is 11.5 Å². The second-order valence-electron chi connectivity index (χ2n) is 4.30. The molecule has 0 aliphatic heterocycles. The van der Waals surface area contributed by atoms with Crippen molar-refractivity contribution < 1.29 is 9.47 Å². The van der Waals surface area contributed by atoms with Crippen LogP contribution in [-0.4, -0.2) is 21.3 Å². The Balaban J connectivity index is 2.97. The highest BCUT2D eigenvalue weighted by Gasteiger charge is 2.15. The van der Waals surface area contributed by atoms with Gasteiger partial charge in [0.1, 0.15) is 0 Å². The summed E-state index contributed by atoms with van der Waals surface area (Å²) in [6.07, 6.45) is 5.06. The molecule has 19 heavy (non-hydrogen) atoms. The number of ether oxygens (including phenoxy) is 2. The highest BCUT2D eigenvalue weighted by molar-refractivity contribution is 6.32. The monoisotopic (exact) mass is 283 g/mol. The number of halogens is 1. The predicted molar refractivity (Wildman–Crippen MR) is 80.4 cm³/mol. The minimum Gasteiger partial charge on any atom is -0.493 e. The van der Waals surface area contributed by atoms with E-state index in [0.29, 0.717) is 16.5 Å². The van der Waals surface area contributed by atoms with Crippen LogP contribution in [0.1, 0.15) is 30.9 Å². The van der Waals surface area contributed by atoms with Crippen LogP contribution in [0.5, 0.6) is 11.5 Å². The number of rotatable bonds is 8. The largest absolute Gasteiger partial charge is 0.493 e. The van der Waals surface area contributed by atoms with Crippen molar-refractivity contribution in [3.8, 4) is 11.5 Å². The van der Waals surface area contributed by atoms with E-state index in [-0.39, 0.29) is 6.04 Å². The predicted octanol–water partition coefficient (Wildman–Crippen LogP) is 3.97. The summed E-state index contributed by atoms with van der Waals surface area (Å²) in [6.45, 7) is 3.74. The molecule has 0 aromatic heterocycles. The average molecular weight is 284 g/mol. The van der Waals surface area contributed by atoms with Gasteiger partial charge in [-0.15, -0.1) is 6.58 Å². The topological polar surface area (TPSA) is 30.5 Å². The zero-order valence-corrected chi connectivity index (χ0v) is 12.6. The second-order valence-corrected chi connectivity index (χ2v) is 4.71. The molecule has 1 aromatic rings. The molecule has 1 N–H and O–H groups in total. The van der Waals surface area contributed by atoms with Crippen molar-refractivity contribution >= 4 is 11.6 Å². The Morgan fingerprint density at radius 2 is 2.11 bits per heavy atom. The van der Waals surface area contributed by atoms with Crippen molar-refractivity contribution in [2.24, 2.45) is 0 Å². The van der Waals surface area contributed by atoms with Crippen LogP contribution in [0, 0.1) is 0 Å². The first-order valence-corrected chi connectivity index (χ1v) is 6.75. The lowest BCUT2D eigenvalue weighted by atomic mass is 10.0. The fraction of sp³-hybridized carbons (Fsp3) is 0.467. The molecule has 0 heterocycles. The minimum atomic E-state index is 0.247. The van der Waals surface area contributed by atoms with Gasteiger partial charge in [-0.2, -0.15) is 0 Å². The smallest absolute Gasteiger partial charge is 0.179 e. The van der Waals surface area contributed by atoms with Crippen LogP contribution >= 0.6 is 11.6 Å². The molecule has 1 aromatic carbocycles. The normalized spacial score (nSPS) is 12.0. The van der Waals surface area contributed by atoms with Crippen molar-refractivity contribution in [2.45, 2.75) is 25.3 Å². The number of benzene rings is 1. The number of nitrogens with one attached hydrogen (secondary N) is 1. The van der Waals surface area contributed by atoms with Gasteiger partial charge in [-0.05, 0) is 44.0 Å². The van der Waals surface area contributed by atoms with Crippen molar-refractivity contribution in [1.82, 2.24) is 5.32 Å². The summed E-state index contributed by atoms with van der Waals surface area (Å²) >= 11 is 6.23. The lowest BCUT2D eigenvalue weighted by Crippen LogP contribution is -2.16. The van der Waals surface area contributed by atoms with Crippen molar-refractivity contribution in [2.75, 3.05) is 21.3 Å². The molecular weight excluding hydrogens is 262 g/mol. The van der Waals surface area contributed by atoms with Crippen molar-refractivity contribution in [1.29, 1.82) is 0 Å². The molecule has 3 nitrogen and oxygen atoms in total. The number of unbranched alkanes of at least 4 members (excludes halogenated alkanes) is 1. The van der Waals surface area contributed by atoms with Gasteiger partial charge >= 0.3 is 0 Å². The summed E-state index contributed by atoms with van der Waals surface area (Å²) in [5, 5.41) is 3.87. The van der Waals surface area contributed by atoms with Crippen LogP contribution in [0.4, 0.5) is 0 Å². The SMILES string of the molecule is C=CCCCC(NC)c1cc(Cl)c(OC)c(OC)c1. The molecule has 0 aliphatic rings. The molecule has 0 aliphatic carbocycles. The number of hydrogen-bond donors (Lipinski definition) is 1. The van der Waals surface area contributed by atoms with Gasteiger partial charge in [0.05, 0.1) is 19.2 Å². The van der Waals surface area contributed by atoms with E-state index < -0.39 is 0 Å². The minimum absolute atomic E-state index is 0.247. The third kappa shape index (κ3) is 4.15. The molecule has 0 spiro atoms. The van der Waals surface area contributed by atoms with E-state index in [1.165, 1.54) is 0 Å². The summed E-state index contributed by atoms with van der Waals surface area (Å²) in [5.41, 5.74) is 1.11. The van der Waals surface area contributed by atoms with Gasteiger partial charge in [-0.25, -0.2) is 0 Å². The van der Waals surface area contributed by atoms with Crippen LogP contribution in [0.25, 0.3) is 0 Å². The van der Waals surface area contributed by atoms with Crippen LogP contribution < -0.4 is 14.8 Å². The van der Waals surface area contributed by atoms with Gasteiger partial charge in [0, 0.05) is 6.04 Å². The Bertz CT molecular complexity index is 421. The summed E-state index contributed by atoms with van der Waals surface area (Å²) in [6, 6.07) is 4.15. The highest BCUT2D eigenvalue weighted by Crippen LogP contribution is 2.38. The van der Waals surface area contributed by atoms with E-state index in [2.05, 4.69) is 11.9 Å². The molecule has 106 valence electrons. The molecule has 0 bridgehead atoms. The molecular formula is C15H22ClNO2. The first kappa shape index (κ1) is 15.9. The lowest BCUT2D eigenvalue weighted by Gasteiger charge is -2.19. The Morgan fingerprint density at radius 1 is 1.37 bits per heavy atom. The third-order valence-corrected chi connectivity index (χ3v) is 3.39. The van der Waals surface area contributed by atoms with Gasteiger partial charge in [0.25, 0.3) is 0 Å². The quantitative estimate of drug-likeness (QED) is 0.578. The van der Waals surface area contributed by atoms with Crippen LogP contribution in [0.15, 0.2) is 24.8 Å². The Kier molecular flexibility index (Phi) is 6.74. The zero-order valence-electron chi connectivity index (χ0n) is 11.8. The maximum absolute atomic E-state index is 6.23. The second kappa shape index (κ2) is 8.08. The summed E-state index contributed by atoms with van der Waals surface area (Å²) in [7, 11) is 5.15. The maximum atomic E-state index is 6.23. The van der Waals surface area contributed by atoms with Crippen LogP contribution in [-0.2, 0) is 0 Å². The van der Waals surface area contributed by atoms with E-state index >= 15 is 0 Å². The van der Waals surface area contributed by atoms with Crippen molar-refractivity contribution in [3.63, 3.8) is 0 Å². The number of methoxy groups -OCH3 is 2. The van der Waals surface area contributed by atoms with E-state index in [4.69, 9.17) is 21.1 Å². The van der Waals surface area contributed by atoms with Crippen LogP contribution in [0.3, 0.4) is 0 Å². The van der Waals surface area contributed by atoms with E-state index in [1.807, 2.05) is 25.3 Å². The molecule has 1 atom stereocenters. The summed E-state index contributed by atoms with van der Waals surface area (Å²) in [4.78, 5) is 0. The highest BCUT2D eigenvalue weighted by atomic mass is 35.5. The molecule has 1 unspecified atom stereocenters. The fourth-order valence-corrected chi connectivity index (χ4v) is 2.38. The van der Waals surface area contributed by atoms with Gasteiger partial charge in [-0.1, -0.05) is 17.7 Å². The Labute approximate surface area is 120 Å². The summed E-state index contributed by atoms with van der Waals surface area (Å²) in [5.74, 6) is 1.24. The molecule has 1 rings (SSSR count). The van der Waals surface area contributed by atoms with E-state index in [1.54, 1.807) is 14.2 Å². The van der Waals surface area contributed by atoms with Gasteiger partial charge < -0.3 is 14.8 Å². The fourth-order valence-electron chi connectivity index (χ4n) is 2.08. The van der Waals surface area contributed by atoms with Gasteiger partial charge in [-0.3, -0.25) is 0 Å². The first-order valence-electron chi connectivity index (χ1n) is 6.37. The molecule has 0 amide bonds. The molecule has 0 fully saturated rings. The Morgan fingerprint density at radius 3 is 2.63 bits per heavy atom. The first-order chi connectivity index (χ1) is 9.17. The van der Waals surface area contributed by atoms with Gasteiger partial charge in [0.2, 0.25) is 0 Å². The average Bonchev–Trinajstić information content (AvgIpc) is 2.42. The number of allylic oxidation sites excluding steroid dienone is 1. The summed E-state index contributed by atoms with van der Waals surface area (Å²) < 4.78 is 10.6. The van der Waals surface area contributed by atoms with E-state index in [9.17, 15) is 0 Å². The van der Waals surface area contributed by atoms with E-state index in [0.717, 1.165) is 24.8 Å². The van der Waals surface area contributed by atoms with Crippen molar-refractivity contribution in [3.05, 3.63) is 35.4 Å². The molecule has 0 saturated carbocycles. The molecule has 0 radical (unpaired) electrons. The number of hydrogen-bond acceptors (Lipinski definition) is 3. The van der Waals surface area contributed by atoms with Crippen LogP contribution in [0.2, 0.25) is 5.02 Å². The zero-order chi connectivity index (χ0) is 14.3. The third-order valence-electron chi connectivity index (χ3n) is 3.11. The molecule has 4 heteroatoms.